The molecule has 1 atom stereocenters. The molecular weight excluding hydrogens is 289 g/mol. The summed E-state index contributed by atoms with van der Waals surface area (Å²) in [7, 11) is -5.13. The monoisotopic (exact) mass is 299 g/mol. The van der Waals surface area contributed by atoms with Gasteiger partial charge in [-0.25, -0.2) is 17.5 Å². The standard InChI is InChI=1S/C9H11ClFNO3S2/c1-16(13)6-5-12-17(14,15)9-7(10)3-2-4-8(9)11/h2-4,12H,5-6H2,1H3/t16-/m0/s1. The number of halogens is 2. The lowest BCUT2D eigenvalue weighted by Gasteiger charge is -2.08. The van der Waals surface area contributed by atoms with E-state index in [1.165, 1.54) is 18.4 Å². The third-order valence-corrected chi connectivity index (χ3v) is 4.61. The molecule has 0 spiro atoms. The predicted octanol–water partition coefficient (Wildman–Crippen LogP) is 1.14. The van der Waals surface area contributed by atoms with Crippen molar-refractivity contribution in [2.24, 2.45) is 0 Å². The van der Waals surface area contributed by atoms with Gasteiger partial charge in [-0.3, -0.25) is 4.21 Å². The van der Waals surface area contributed by atoms with Gasteiger partial charge in [0.2, 0.25) is 10.0 Å². The molecule has 0 saturated heterocycles. The smallest absolute Gasteiger partial charge is 0.245 e. The van der Waals surface area contributed by atoms with Crippen LogP contribution in [0.1, 0.15) is 0 Å². The molecule has 0 aliphatic rings. The van der Waals surface area contributed by atoms with Gasteiger partial charge in [0.25, 0.3) is 0 Å². The number of benzene rings is 1. The topological polar surface area (TPSA) is 63.2 Å². The Hall–Kier alpha value is -0.500. The second-order valence-corrected chi connectivity index (χ2v) is 6.89. The Bertz CT molecular complexity index is 513. The molecule has 1 rings (SSSR count). The van der Waals surface area contributed by atoms with E-state index in [1.807, 2.05) is 0 Å². The first-order valence-corrected chi connectivity index (χ1v) is 8.17. The maximum atomic E-state index is 13.4. The van der Waals surface area contributed by atoms with Crippen molar-refractivity contribution in [3.05, 3.63) is 29.0 Å². The van der Waals surface area contributed by atoms with E-state index in [4.69, 9.17) is 11.6 Å². The average molecular weight is 300 g/mol. The van der Waals surface area contributed by atoms with Crippen LogP contribution in [-0.4, -0.2) is 31.2 Å². The van der Waals surface area contributed by atoms with Gasteiger partial charge in [0.05, 0.1) is 5.02 Å². The number of sulfonamides is 1. The molecule has 0 unspecified atom stereocenters. The molecule has 4 nitrogen and oxygen atoms in total. The van der Waals surface area contributed by atoms with E-state index in [-0.39, 0.29) is 17.3 Å². The molecule has 96 valence electrons. The summed E-state index contributed by atoms with van der Waals surface area (Å²) in [5.41, 5.74) is 0. The van der Waals surface area contributed by atoms with Crippen molar-refractivity contribution in [3.63, 3.8) is 0 Å². The van der Waals surface area contributed by atoms with Crippen molar-refractivity contribution in [2.75, 3.05) is 18.6 Å². The second kappa shape index (κ2) is 5.90. The molecule has 0 aliphatic heterocycles. The fourth-order valence-electron chi connectivity index (χ4n) is 1.13. The van der Waals surface area contributed by atoms with Gasteiger partial charge in [0.15, 0.2) is 0 Å². The van der Waals surface area contributed by atoms with Crippen LogP contribution in [-0.2, 0) is 20.8 Å². The second-order valence-electron chi connectivity index (χ2n) is 3.23. The number of rotatable bonds is 5. The Labute approximate surface area is 107 Å². The van der Waals surface area contributed by atoms with Crippen LogP contribution < -0.4 is 4.72 Å². The Morgan fingerprint density at radius 1 is 1.47 bits per heavy atom. The number of hydrogen-bond donors (Lipinski definition) is 1. The molecule has 0 fully saturated rings. The fourth-order valence-corrected chi connectivity index (χ4v) is 3.28. The minimum atomic E-state index is -4.01. The lowest BCUT2D eigenvalue weighted by molar-refractivity contribution is 0.559. The highest BCUT2D eigenvalue weighted by Gasteiger charge is 2.21. The first-order valence-electron chi connectivity index (χ1n) is 4.58. The van der Waals surface area contributed by atoms with Gasteiger partial charge in [-0.1, -0.05) is 17.7 Å². The van der Waals surface area contributed by atoms with Gasteiger partial charge in [0.1, 0.15) is 10.7 Å². The quantitative estimate of drug-likeness (QED) is 0.887. The highest BCUT2D eigenvalue weighted by Crippen LogP contribution is 2.23. The van der Waals surface area contributed by atoms with Crippen LogP contribution in [0.15, 0.2) is 23.1 Å². The van der Waals surface area contributed by atoms with E-state index in [0.29, 0.717) is 0 Å². The molecule has 0 aliphatic carbocycles. The van der Waals surface area contributed by atoms with E-state index in [2.05, 4.69) is 4.72 Å². The summed E-state index contributed by atoms with van der Waals surface area (Å²) in [5.74, 6) is -0.756. The molecule has 1 N–H and O–H groups in total. The molecule has 8 heteroatoms. The minimum absolute atomic E-state index is 0.0316. The van der Waals surface area contributed by atoms with Crippen molar-refractivity contribution in [1.82, 2.24) is 4.72 Å². The first kappa shape index (κ1) is 14.6. The van der Waals surface area contributed by atoms with Crippen molar-refractivity contribution in [1.29, 1.82) is 0 Å². The van der Waals surface area contributed by atoms with Gasteiger partial charge < -0.3 is 0 Å². The lowest BCUT2D eigenvalue weighted by Crippen LogP contribution is -2.28. The molecular formula is C9H11ClFNO3S2. The molecule has 17 heavy (non-hydrogen) atoms. The zero-order chi connectivity index (χ0) is 13.1. The van der Waals surface area contributed by atoms with Crippen molar-refractivity contribution in [3.8, 4) is 0 Å². The van der Waals surface area contributed by atoms with Crippen LogP contribution in [0.5, 0.6) is 0 Å². The Kier molecular flexibility index (Phi) is 5.05. The molecule has 0 amide bonds. The lowest BCUT2D eigenvalue weighted by atomic mass is 10.3. The van der Waals surface area contributed by atoms with Crippen LogP contribution >= 0.6 is 11.6 Å². The van der Waals surface area contributed by atoms with E-state index >= 15 is 0 Å². The van der Waals surface area contributed by atoms with Gasteiger partial charge in [-0.05, 0) is 12.1 Å². The molecule has 1 aromatic rings. The SMILES string of the molecule is C[S@](=O)CCNS(=O)(=O)c1c(F)cccc1Cl. The minimum Gasteiger partial charge on any atom is -0.260 e. The zero-order valence-electron chi connectivity index (χ0n) is 8.94. The maximum Gasteiger partial charge on any atom is 0.245 e. The largest absolute Gasteiger partial charge is 0.260 e. The summed E-state index contributed by atoms with van der Waals surface area (Å²) in [6, 6.07) is 3.62. The normalized spacial score (nSPS) is 13.6. The summed E-state index contributed by atoms with van der Waals surface area (Å²) in [6.07, 6.45) is 1.45. The van der Waals surface area contributed by atoms with Crippen LogP contribution in [0, 0.1) is 5.82 Å². The van der Waals surface area contributed by atoms with Crippen LogP contribution in [0.2, 0.25) is 5.02 Å². The zero-order valence-corrected chi connectivity index (χ0v) is 11.3. The third kappa shape index (κ3) is 4.02. The van der Waals surface area contributed by atoms with Crippen molar-refractivity contribution < 1.29 is 17.0 Å². The molecule has 0 aromatic heterocycles. The number of hydrogen-bond acceptors (Lipinski definition) is 3. The maximum absolute atomic E-state index is 13.4. The summed E-state index contributed by atoms with van der Waals surface area (Å²) in [5, 5.41) is -0.185. The van der Waals surface area contributed by atoms with Gasteiger partial charge in [0, 0.05) is 29.4 Å². The summed E-state index contributed by atoms with van der Waals surface area (Å²) < 4.78 is 49.7. The predicted molar refractivity (Wildman–Crippen MR) is 65.5 cm³/mol. The molecule has 0 heterocycles. The average Bonchev–Trinajstić information content (AvgIpc) is 2.15. The van der Waals surface area contributed by atoms with E-state index < -0.39 is 31.5 Å². The Morgan fingerprint density at radius 3 is 2.65 bits per heavy atom. The van der Waals surface area contributed by atoms with E-state index in [1.54, 1.807) is 0 Å². The van der Waals surface area contributed by atoms with Crippen molar-refractivity contribution >= 4 is 32.4 Å². The molecule has 0 saturated carbocycles. The fraction of sp³-hybridized carbons (Fsp3) is 0.333. The Morgan fingerprint density at radius 2 is 2.12 bits per heavy atom. The highest BCUT2D eigenvalue weighted by molar-refractivity contribution is 7.89. The first-order chi connectivity index (χ1) is 7.84. The summed E-state index contributed by atoms with van der Waals surface area (Å²) in [4.78, 5) is -0.580. The van der Waals surface area contributed by atoms with E-state index in [0.717, 1.165) is 6.07 Å². The van der Waals surface area contributed by atoms with Gasteiger partial charge >= 0.3 is 0 Å². The highest BCUT2D eigenvalue weighted by atomic mass is 35.5. The van der Waals surface area contributed by atoms with Crippen LogP contribution in [0.3, 0.4) is 0 Å². The molecule has 1 aromatic carbocycles. The molecule has 0 radical (unpaired) electrons. The van der Waals surface area contributed by atoms with Crippen molar-refractivity contribution in [2.45, 2.75) is 4.90 Å². The molecule has 0 bridgehead atoms. The number of nitrogens with one attached hydrogen (secondary N) is 1. The summed E-state index contributed by atoms with van der Waals surface area (Å²) in [6.45, 7) is -0.0316. The summed E-state index contributed by atoms with van der Waals surface area (Å²) >= 11 is 5.64. The third-order valence-electron chi connectivity index (χ3n) is 1.87. The van der Waals surface area contributed by atoms with Crippen LogP contribution in [0.4, 0.5) is 4.39 Å². The van der Waals surface area contributed by atoms with Gasteiger partial charge in [-0.2, -0.15) is 0 Å². The van der Waals surface area contributed by atoms with Crippen LogP contribution in [0.25, 0.3) is 0 Å². The Balaban J connectivity index is 2.94. The van der Waals surface area contributed by atoms with E-state index in [9.17, 15) is 17.0 Å². The van der Waals surface area contributed by atoms with Gasteiger partial charge in [-0.15, -0.1) is 0 Å².